The first-order chi connectivity index (χ1) is 8.52. The second kappa shape index (κ2) is 6.73. The Morgan fingerprint density at radius 1 is 1.28 bits per heavy atom. The van der Waals surface area contributed by atoms with Crippen molar-refractivity contribution in [2.24, 2.45) is 11.6 Å². The minimum absolute atomic E-state index is 0.178. The zero-order chi connectivity index (χ0) is 13.5. The molecule has 1 aromatic rings. The Balaban J connectivity index is 2.75. The van der Waals surface area contributed by atoms with Gasteiger partial charge in [0.25, 0.3) is 0 Å². The molecule has 0 aliphatic heterocycles. The van der Waals surface area contributed by atoms with E-state index >= 15 is 0 Å². The van der Waals surface area contributed by atoms with Crippen LogP contribution in [0, 0.1) is 0 Å². The van der Waals surface area contributed by atoms with E-state index in [2.05, 4.69) is 5.43 Å². The van der Waals surface area contributed by atoms with Gasteiger partial charge in [-0.05, 0) is 18.2 Å². The Bertz CT molecular complexity index is 434. The molecule has 0 atom stereocenters. The van der Waals surface area contributed by atoms with E-state index in [4.69, 9.17) is 11.6 Å². The molecule has 0 aliphatic carbocycles. The zero-order valence-electron chi connectivity index (χ0n) is 10.3. The maximum Gasteiger partial charge on any atom is 0.238 e. The van der Waals surface area contributed by atoms with Crippen LogP contribution in [0.5, 0.6) is 0 Å². The number of hydrazine groups is 1. The van der Waals surface area contributed by atoms with Crippen LogP contribution in [-0.4, -0.2) is 30.3 Å². The first-order valence-corrected chi connectivity index (χ1v) is 5.56. The standard InChI is InChI=1S/C12H18N4O2/c1-16(8-11(13)17)7-10-5-3-2-4-9(10)6-12(18)15-14/h2-5H,6-8,14H2,1H3,(H2,13,17)(H,15,18). The van der Waals surface area contributed by atoms with E-state index in [1.54, 1.807) is 11.9 Å². The van der Waals surface area contributed by atoms with Crippen LogP contribution in [0.25, 0.3) is 0 Å². The minimum atomic E-state index is -0.380. The van der Waals surface area contributed by atoms with Gasteiger partial charge in [0.1, 0.15) is 0 Å². The van der Waals surface area contributed by atoms with E-state index in [1.807, 2.05) is 24.3 Å². The topological polar surface area (TPSA) is 101 Å². The van der Waals surface area contributed by atoms with Crippen LogP contribution < -0.4 is 17.0 Å². The lowest BCUT2D eigenvalue weighted by atomic mass is 10.0. The number of nitrogens with zero attached hydrogens (tertiary/aromatic N) is 1. The number of hydrogen-bond donors (Lipinski definition) is 3. The molecule has 0 heterocycles. The van der Waals surface area contributed by atoms with Gasteiger partial charge in [0, 0.05) is 6.54 Å². The number of amides is 2. The van der Waals surface area contributed by atoms with E-state index in [0.717, 1.165) is 11.1 Å². The van der Waals surface area contributed by atoms with Gasteiger partial charge in [-0.1, -0.05) is 24.3 Å². The average Bonchev–Trinajstić information content (AvgIpc) is 2.30. The molecule has 0 spiro atoms. The fraction of sp³-hybridized carbons (Fsp3) is 0.333. The van der Waals surface area contributed by atoms with Gasteiger partial charge in [-0.25, -0.2) is 5.84 Å². The Morgan fingerprint density at radius 2 is 1.89 bits per heavy atom. The van der Waals surface area contributed by atoms with Crippen molar-refractivity contribution in [1.82, 2.24) is 10.3 Å². The Labute approximate surface area is 106 Å². The monoisotopic (exact) mass is 250 g/mol. The van der Waals surface area contributed by atoms with Crippen molar-refractivity contribution in [3.63, 3.8) is 0 Å². The van der Waals surface area contributed by atoms with Crippen LogP contribution in [-0.2, 0) is 22.6 Å². The first-order valence-electron chi connectivity index (χ1n) is 5.56. The number of primary amides is 1. The quantitative estimate of drug-likeness (QED) is 0.347. The lowest BCUT2D eigenvalue weighted by Gasteiger charge is -2.17. The SMILES string of the molecule is CN(CC(N)=O)Cc1ccccc1CC(=O)NN. The first kappa shape index (κ1) is 14.1. The second-order valence-corrected chi connectivity index (χ2v) is 4.15. The Kier molecular flexibility index (Phi) is 5.29. The highest BCUT2D eigenvalue weighted by atomic mass is 16.2. The van der Waals surface area contributed by atoms with Crippen LogP contribution in [0.3, 0.4) is 0 Å². The molecule has 0 fully saturated rings. The van der Waals surface area contributed by atoms with E-state index in [1.165, 1.54) is 0 Å². The summed E-state index contributed by atoms with van der Waals surface area (Å²) in [4.78, 5) is 23.9. The number of nitrogens with two attached hydrogens (primary N) is 2. The molecular formula is C12H18N4O2. The summed E-state index contributed by atoms with van der Waals surface area (Å²) in [5.41, 5.74) is 9.09. The summed E-state index contributed by atoms with van der Waals surface area (Å²) in [6.45, 7) is 0.731. The van der Waals surface area contributed by atoms with Crippen molar-refractivity contribution in [2.45, 2.75) is 13.0 Å². The van der Waals surface area contributed by atoms with Crippen molar-refractivity contribution in [1.29, 1.82) is 0 Å². The van der Waals surface area contributed by atoms with Gasteiger partial charge < -0.3 is 5.73 Å². The van der Waals surface area contributed by atoms with Crippen LogP contribution in [0.1, 0.15) is 11.1 Å². The van der Waals surface area contributed by atoms with Crippen LogP contribution in [0.4, 0.5) is 0 Å². The van der Waals surface area contributed by atoms with Crippen molar-refractivity contribution >= 4 is 11.8 Å². The molecule has 2 amide bonds. The molecule has 0 unspecified atom stereocenters. The summed E-state index contributed by atoms with van der Waals surface area (Å²) in [5, 5.41) is 0. The number of nitrogens with one attached hydrogen (secondary N) is 1. The summed E-state index contributed by atoms with van der Waals surface area (Å²) < 4.78 is 0. The second-order valence-electron chi connectivity index (χ2n) is 4.15. The zero-order valence-corrected chi connectivity index (χ0v) is 10.3. The number of likely N-dealkylation sites (N-methyl/N-ethyl adjacent to an activating group) is 1. The molecule has 5 N–H and O–H groups in total. The molecule has 18 heavy (non-hydrogen) atoms. The third-order valence-corrected chi connectivity index (χ3v) is 2.50. The van der Waals surface area contributed by atoms with Gasteiger partial charge in [-0.3, -0.25) is 19.9 Å². The molecule has 6 heteroatoms. The highest BCUT2D eigenvalue weighted by molar-refractivity contribution is 5.78. The lowest BCUT2D eigenvalue weighted by molar-refractivity contribution is -0.121. The summed E-state index contributed by atoms with van der Waals surface area (Å²) in [6, 6.07) is 7.52. The van der Waals surface area contributed by atoms with Crippen LogP contribution >= 0.6 is 0 Å². The fourth-order valence-electron chi connectivity index (χ4n) is 1.72. The maximum absolute atomic E-state index is 11.3. The molecule has 0 bridgehead atoms. The fourth-order valence-corrected chi connectivity index (χ4v) is 1.72. The molecule has 0 aliphatic rings. The number of rotatable bonds is 6. The smallest absolute Gasteiger partial charge is 0.238 e. The van der Waals surface area contributed by atoms with Gasteiger partial charge in [-0.2, -0.15) is 0 Å². The number of carbonyl (C=O) groups is 2. The van der Waals surface area contributed by atoms with Gasteiger partial charge >= 0.3 is 0 Å². The van der Waals surface area contributed by atoms with Gasteiger partial charge in [0.05, 0.1) is 13.0 Å². The highest BCUT2D eigenvalue weighted by Crippen LogP contribution is 2.11. The third kappa shape index (κ3) is 4.52. The number of carbonyl (C=O) groups excluding carboxylic acids is 2. The van der Waals surface area contributed by atoms with Crippen molar-refractivity contribution in [2.75, 3.05) is 13.6 Å². The lowest BCUT2D eigenvalue weighted by Crippen LogP contribution is -2.32. The highest BCUT2D eigenvalue weighted by Gasteiger charge is 2.09. The number of benzene rings is 1. The molecule has 0 radical (unpaired) electrons. The molecule has 0 saturated heterocycles. The van der Waals surface area contributed by atoms with Gasteiger partial charge in [-0.15, -0.1) is 0 Å². The molecule has 0 aromatic heterocycles. The Morgan fingerprint density at radius 3 is 2.44 bits per heavy atom. The van der Waals surface area contributed by atoms with E-state index in [0.29, 0.717) is 6.54 Å². The molecule has 98 valence electrons. The average molecular weight is 250 g/mol. The summed E-state index contributed by atoms with van der Waals surface area (Å²) in [5.74, 6) is 4.44. The summed E-state index contributed by atoms with van der Waals surface area (Å²) in [7, 11) is 1.80. The number of hydrogen-bond acceptors (Lipinski definition) is 4. The molecular weight excluding hydrogens is 232 g/mol. The minimum Gasteiger partial charge on any atom is -0.369 e. The van der Waals surface area contributed by atoms with Crippen LogP contribution in [0.2, 0.25) is 0 Å². The largest absolute Gasteiger partial charge is 0.369 e. The van der Waals surface area contributed by atoms with E-state index < -0.39 is 0 Å². The van der Waals surface area contributed by atoms with Gasteiger partial charge in [0.15, 0.2) is 0 Å². The van der Waals surface area contributed by atoms with E-state index in [-0.39, 0.29) is 24.8 Å². The normalized spacial score (nSPS) is 10.4. The van der Waals surface area contributed by atoms with Crippen molar-refractivity contribution in [3.05, 3.63) is 35.4 Å². The van der Waals surface area contributed by atoms with E-state index in [9.17, 15) is 9.59 Å². The van der Waals surface area contributed by atoms with Crippen molar-refractivity contribution < 1.29 is 9.59 Å². The summed E-state index contributed by atoms with van der Waals surface area (Å²) >= 11 is 0. The van der Waals surface area contributed by atoms with Crippen molar-refractivity contribution in [3.8, 4) is 0 Å². The predicted molar refractivity (Wildman–Crippen MR) is 68.0 cm³/mol. The van der Waals surface area contributed by atoms with Gasteiger partial charge in [0.2, 0.25) is 11.8 Å². The summed E-state index contributed by atoms with van der Waals surface area (Å²) in [6.07, 6.45) is 0.219. The maximum atomic E-state index is 11.3. The molecule has 1 rings (SSSR count). The predicted octanol–water partition coefficient (Wildman–Crippen LogP) is -0.864. The molecule has 0 saturated carbocycles. The third-order valence-electron chi connectivity index (χ3n) is 2.50. The molecule has 1 aromatic carbocycles. The molecule has 6 nitrogen and oxygen atoms in total. The Hall–Kier alpha value is -1.92. The van der Waals surface area contributed by atoms with Crippen LogP contribution in [0.15, 0.2) is 24.3 Å².